The van der Waals surface area contributed by atoms with E-state index in [1.807, 2.05) is 26.0 Å². The molecule has 0 saturated heterocycles. The number of hydrazine groups is 1. The van der Waals surface area contributed by atoms with Crippen molar-refractivity contribution in [3.05, 3.63) is 28.3 Å². The number of amides is 1. The summed E-state index contributed by atoms with van der Waals surface area (Å²) in [4.78, 5) is 11.5. The van der Waals surface area contributed by atoms with Crippen LogP contribution in [0.4, 0.5) is 0 Å². The maximum Gasteiger partial charge on any atom is 0.242 e. The molecule has 0 aliphatic rings. The molecule has 1 rings (SSSR count). The van der Waals surface area contributed by atoms with Gasteiger partial charge in [-0.3, -0.25) is 10.2 Å². The second-order valence-electron chi connectivity index (χ2n) is 5.02. The highest BCUT2D eigenvalue weighted by Crippen LogP contribution is 2.27. The van der Waals surface area contributed by atoms with E-state index in [9.17, 15) is 4.79 Å². The Morgan fingerprint density at radius 2 is 1.89 bits per heavy atom. The largest absolute Gasteiger partial charge is 0.492 e. The minimum absolute atomic E-state index is 0.247. The van der Waals surface area contributed by atoms with E-state index in [0.717, 1.165) is 16.1 Å². The van der Waals surface area contributed by atoms with E-state index < -0.39 is 5.41 Å². The lowest BCUT2D eigenvalue weighted by molar-refractivity contribution is -0.130. The minimum atomic E-state index is -0.684. The lowest BCUT2D eigenvalue weighted by atomic mass is 9.94. The van der Waals surface area contributed by atoms with Crippen molar-refractivity contribution in [2.75, 3.05) is 6.61 Å². The number of aryl methyl sites for hydroxylation is 2. The third-order valence-electron chi connectivity index (χ3n) is 2.76. The van der Waals surface area contributed by atoms with Crippen LogP contribution in [0.3, 0.4) is 0 Å². The summed E-state index contributed by atoms with van der Waals surface area (Å²) in [5.41, 5.74) is 3.35. The monoisotopic (exact) mass is 270 g/mol. The number of rotatable bonds is 4. The maximum absolute atomic E-state index is 11.5. The molecule has 3 N–H and O–H groups in total. The number of benzene rings is 1. The second kappa shape index (κ2) is 5.59. The van der Waals surface area contributed by atoms with Gasteiger partial charge in [0.1, 0.15) is 12.4 Å². The molecule has 0 radical (unpaired) electrons. The highest BCUT2D eigenvalue weighted by molar-refractivity contribution is 6.32. The first-order valence-corrected chi connectivity index (χ1v) is 6.06. The molecule has 4 nitrogen and oxygen atoms in total. The Labute approximate surface area is 112 Å². The molecule has 0 bridgehead atoms. The van der Waals surface area contributed by atoms with Gasteiger partial charge in [-0.05, 0) is 51.0 Å². The van der Waals surface area contributed by atoms with Gasteiger partial charge in [0.2, 0.25) is 5.91 Å². The molecule has 5 heteroatoms. The molecule has 0 aromatic heterocycles. The van der Waals surface area contributed by atoms with Crippen molar-refractivity contribution in [2.24, 2.45) is 11.3 Å². The Morgan fingerprint density at radius 1 is 1.39 bits per heavy atom. The van der Waals surface area contributed by atoms with Crippen molar-refractivity contribution in [1.82, 2.24) is 5.43 Å². The van der Waals surface area contributed by atoms with Gasteiger partial charge in [-0.25, -0.2) is 5.84 Å². The van der Waals surface area contributed by atoms with E-state index in [1.165, 1.54) is 0 Å². The summed E-state index contributed by atoms with van der Waals surface area (Å²) in [7, 11) is 0. The Morgan fingerprint density at radius 3 is 2.33 bits per heavy atom. The molecular formula is C13H19ClN2O2. The molecule has 1 aromatic rings. The van der Waals surface area contributed by atoms with Crippen LogP contribution in [0.1, 0.15) is 25.0 Å². The average molecular weight is 271 g/mol. The van der Waals surface area contributed by atoms with Gasteiger partial charge in [0, 0.05) is 5.02 Å². The van der Waals surface area contributed by atoms with Gasteiger partial charge in [0.15, 0.2) is 0 Å². The first-order chi connectivity index (χ1) is 8.27. The third kappa shape index (κ3) is 3.37. The van der Waals surface area contributed by atoms with Crippen molar-refractivity contribution in [1.29, 1.82) is 0 Å². The highest BCUT2D eigenvalue weighted by Gasteiger charge is 2.28. The second-order valence-corrected chi connectivity index (χ2v) is 5.40. The van der Waals surface area contributed by atoms with Crippen LogP contribution in [0.25, 0.3) is 0 Å². The minimum Gasteiger partial charge on any atom is -0.492 e. The quantitative estimate of drug-likeness (QED) is 0.501. The number of ether oxygens (including phenoxy) is 1. The van der Waals surface area contributed by atoms with Crippen LogP contribution >= 0.6 is 11.6 Å². The number of hydrogen-bond donors (Lipinski definition) is 2. The zero-order valence-electron chi connectivity index (χ0n) is 11.1. The number of nitrogens with two attached hydrogens (primary N) is 1. The van der Waals surface area contributed by atoms with Crippen LogP contribution in [-0.2, 0) is 4.79 Å². The van der Waals surface area contributed by atoms with Crippen LogP contribution < -0.4 is 16.0 Å². The van der Waals surface area contributed by atoms with Gasteiger partial charge >= 0.3 is 0 Å². The van der Waals surface area contributed by atoms with E-state index in [-0.39, 0.29) is 12.5 Å². The summed E-state index contributed by atoms with van der Waals surface area (Å²) in [6.07, 6.45) is 0. The third-order valence-corrected chi connectivity index (χ3v) is 3.35. The Balaban J connectivity index is 2.78. The number of carbonyl (C=O) groups excluding carboxylic acids is 1. The summed E-state index contributed by atoms with van der Waals surface area (Å²) in [6.45, 7) is 7.62. The summed E-state index contributed by atoms with van der Waals surface area (Å²) in [6, 6.07) is 3.71. The summed E-state index contributed by atoms with van der Waals surface area (Å²) >= 11 is 6.08. The standard InChI is InChI=1S/C13H19ClN2O2/c1-8-5-10(6-9(2)11(8)14)18-7-13(3,4)12(17)16-15/h5-6H,7,15H2,1-4H3,(H,16,17). The van der Waals surface area contributed by atoms with Gasteiger partial charge in [0.05, 0.1) is 5.41 Å². The lowest BCUT2D eigenvalue weighted by Gasteiger charge is -2.22. The fourth-order valence-electron chi connectivity index (χ4n) is 1.51. The molecule has 0 heterocycles. The fourth-order valence-corrected chi connectivity index (χ4v) is 1.62. The van der Waals surface area contributed by atoms with Crippen molar-refractivity contribution >= 4 is 17.5 Å². The molecule has 0 atom stereocenters. The number of hydrogen-bond acceptors (Lipinski definition) is 3. The van der Waals surface area contributed by atoms with Crippen molar-refractivity contribution in [3.63, 3.8) is 0 Å². The van der Waals surface area contributed by atoms with E-state index in [1.54, 1.807) is 13.8 Å². The van der Waals surface area contributed by atoms with Crippen LogP contribution in [0.2, 0.25) is 5.02 Å². The summed E-state index contributed by atoms with van der Waals surface area (Å²) in [5.74, 6) is 5.56. The van der Waals surface area contributed by atoms with Gasteiger partial charge in [-0.15, -0.1) is 0 Å². The van der Waals surface area contributed by atoms with Crippen LogP contribution in [0.15, 0.2) is 12.1 Å². The smallest absolute Gasteiger partial charge is 0.242 e. The Kier molecular flexibility index (Phi) is 4.59. The van der Waals surface area contributed by atoms with Gasteiger partial charge in [-0.1, -0.05) is 11.6 Å². The van der Waals surface area contributed by atoms with Crippen molar-refractivity contribution < 1.29 is 9.53 Å². The zero-order chi connectivity index (χ0) is 13.9. The van der Waals surface area contributed by atoms with Crippen LogP contribution in [0.5, 0.6) is 5.75 Å². The maximum atomic E-state index is 11.5. The zero-order valence-corrected chi connectivity index (χ0v) is 11.9. The normalized spacial score (nSPS) is 11.2. The number of carbonyl (C=O) groups is 1. The molecular weight excluding hydrogens is 252 g/mol. The highest BCUT2D eigenvalue weighted by atomic mass is 35.5. The molecule has 1 aromatic carbocycles. The summed E-state index contributed by atoms with van der Waals surface area (Å²) < 4.78 is 5.64. The van der Waals surface area contributed by atoms with Gasteiger partial charge in [0.25, 0.3) is 0 Å². The molecule has 0 aliphatic carbocycles. The van der Waals surface area contributed by atoms with E-state index in [4.69, 9.17) is 22.2 Å². The molecule has 0 unspecified atom stereocenters. The number of halogens is 1. The average Bonchev–Trinajstić information content (AvgIpc) is 2.32. The Bertz CT molecular complexity index is 435. The molecule has 0 aliphatic heterocycles. The Hall–Kier alpha value is -1.26. The molecule has 18 heavy (non-hydrogen) atoms. The fraction of sp³-hybridized carbons (Fsp3) is 0.462. The van der Waals surface area contributed by atoms with Gasteiger partial charge in [-0.2, -0.15) is 0 Å². The lowest BCUT2D eigenvalue weighted by Crippen LogP contribution is -2.44. The summed E-state index contributed by atoms with van der Waals surface area (Å²) in [5, 5.41) is 0.737. The predicted octanol–water partition coefficient (Wildman–Crippen LogP) is 2.35. The molecule has 1 amide bonds. The molecule has 0 saturated carbocycles. The molecule has 0 fully saturated rings. The molecule has 100 valence electrons. The van der Waals surface area contributed by atoms with Gasteiger partial charge < -0.3 is 4.74 Å². The number of nitrogens with one attached hydrogen (secondary N) is 1. The van der Waals surface area contributed by atoms with Crippen LogP contribution in [0, 0.1) is 19.3 Å². The van der Waals surface area contributed by atoms with Crippen molar-refractivity contribution in [2.45, 2.75) is 27.7 Å². The van der Waals surface area contributed by atoms with Crippen molar-refractivity contribution in [3.8, 4) is 5.75 Å². The van der Waals surface area contributed by atoms with E-state index >= 15 is 0 Å². The first kappa shape index (κ1) is 14.8. The molecule has 0 spiro atoms. The van der Waals surface area contributed by atoms with Crippen LogP contribution in [-0.4, -0.2) is 12.5 Å². The first-order valence-electron chi connectivity index (χ1n) is 5.68. The topological polar surface area (TPSA) is 64.3 Å². The van der Waals surface area contributed by atoms with E-state index in [2.05, 4.69) is 5.43 Å². The SMILES string of the molecule is Cc1cc(OCC(C)(C)C(=O)NN)cc(C)c1Cl. The van der Waals surface area contributed by atoms with E-state index in [0.29, 0.717) is 5.75 Å². The predicted molar refractivity (Wildman–Crippen MR) is 72.5 cm³/mol.